The summed E-state index contributed by atoms with van der Waals surface area (Å²) < 4.78 is 42.6. The Balaban J connectivity index is 1.19. The molecule has 0 aromatic carbocycles. The Kier molecular flexibility index (Phi) is 5.14. The molecule has 9 rings (SSSR count). The number of carbonyl (C=O) groups is 2. The maximum atomic E-state index is 13.5. The van der Waals surface area contributed by atoms with E-state index in [1.54, 1.807) is 12.2 Å². The molecule has 5 saturated heterocycles. The molecule has 9 aliphatic rings. The molecule has 0 amide bonds. The third-order valence-corrected chi connectivity index (χ3v) is 11.3. The maximum absolute atomic E-state index is 13.5. The average molecular weight is 559 g/mol. The lowest BCUT2D eigenvalue weighted by Gasteiger charge is -2.58. The Labute approximate surface area is 231 Å². The van der Waals surface area contributed by atoms with Crippen LogP contribution < -0.4 is 0 Å². The highest BCUT2D eigenvalue weighted by Gasteiger charge is 2.83. The van der Waals surface area contributed by atoms with Gasteiger partial charge in [-0.2, -0.15) is 0 Å². The smallest absolute Gasteiger partial charge is 0.338 e. The molecule has 2 aliphatic carbocycles. The zero-order valence-electron chi connectivity index (χ0n) is 22.4. The minimum absolute atomic E-state index is 0.00370. The van der Waals surface area contributed by atoms with E-state index in [1.165, 1.54) is 17.7 Å². The van der Waals surface area contributed by atoms with Crippen molar-refractivity contribution in [2.45, 2.75) is 99.2 Å². The number of fused-ring (bicyclic) bond motifs is 6. The van der Waals surface area contributed by atoms with Gasteiger partial charge in [0.05, 0.1) is 36.9 Å². The summed E-state index contributed by atoms with van der Waals surface area (Å²) in [4.78, 5) is 26.6. The fraction of sp³-hybridized carbons (Fsp3) is 0.724. The summed E-state index contributed by atoms with van der Waals surface area (Å²) in [7, 11) is 0. The molecule has 216 valence electrons. The molecule has 0 radical (unpaired) electrons. The van der Waals surface area contributed by atoms with Gasteiger partial charge in [-0.1, -0.05) is 30.7 Å². The van der Waals surface area contributed by atoms with Crippen molar-refractivity contribution in [1.82, 2.24) is 0 Å². The summed E-state index contributed by atoms with van der Waals surface area (Å²) in [6, 6.07) is 0. The van der Waals surface area contributed by atoms with E-state index >= 15 is 0 Å². The van der Waals surface area contributed by atoms with Crippen molar-refractivity contribution in [2.24, 2.45) is 10.8 Å². The molecular weight excluding hydrogens is 524 g/mol. The number of hydrogen-bond acceptors (Lipinski definition) is 11. The van der Waals surface area contributed by atoms with Gasteiger partial charge in [0, 0.05) is 24.3 Å². The fourth-order valence-corrected chi connectivity index (χ4v) is 8.68. The summed E-state index contributed by atoms with van der Waals surface area (Å²) in [5, 5.41) is 21.0. The summed E-state index contributed by atoms with van der Waals surface area (Å²) in [6.07, 6.45) is 4.73. The lowest BCUT2D eigenvalue weighted by Crippen LogP contribution is -2.66. The van der Waals surface area contributed by atoms with Crippen LogP contribution in [0.4, 0.5) is 0 Å². The van der Waals surface area contributed by atoms with Crippen LogP contribution in [0.15, 0.2) is 36.0 Å². The number of epoxide rings is 2. The molecule has 2 N–H and O–H groups in total. The van der Waals surface area contributed by atoms with Crippen molar-refractivity contribution >= 4 is 11.9 Å². The van der Waals surface area contributed by atoms with E-state index in [9.17, 15) is 19.8 Å². The first-order chi connectivity index (χ1) is 19.1. The van der Waals surface area contributed by atoms with Gasteiger partial charge >= 0.3 is 11.9 Å². The highest BCUT2D eigenvalue weighted by molar-refractivity contribution is 5.82. The normalized spacial score (nSPS) is 56.0. The summed E-state index contributed by atoms with van der Waals surface area (Å²) in [6.45, 7) is 4.72. The van der Waals surface area contributed by atoms with Crippen LogP contribution in [-0.4, -0.2) is 102 Å². The molecule has 4 spiro atoms. The highest BCUT2D eigenvalue weighted by Crippen LogP contribution is 2.72. The van der Waals surface area contributed by atoms with Crippen LogP contribution in [0.3, 0.4) is 0 Å². The van der Waals surface area contributed by atoms with Gasteiger partial charge in [-0.05, 0) is 25.8 Å². The molecule has 7 heterocycles. The third kappa shape index (κ3) is 3.04. The summed E-state index contributed by atoms with van der Waals surface area (Å²) in [5.41, 5.74) is -3.08. The van der Waals surface area contributed by atoms with Crippen LogP contribution in [0.2, 0.25) is 0 Å². The third-order valence-electron chi connectivity index (χ3n) is 11.3. The second-order valence-corrected chi connectivity index (χ2v) is 13.0. The molecule has 11 heteroatoms. The van der Waals surface area contributed by atoms with Gasteiger partial charge in [-0.25, -0.2) is 9.59 Å². The van der Waals surface area contributed by atoms with Crippen molar-refractivity contribution in [3.05, 3.63) is 36.0 Å². The minimum atomic E-state index is -1.47. The predicted molar refractivity (Wildman–Crippen MR) is 132 cm³/mol. The number of esters is 2. The molecule has 4 bridgehead atoms. The molecule has 12 atom stereocenters. The van der Waals surface area contributed by atoms with E-state index in [-0.39, 0.29) is 31.8 Å². The maximum Gasteiger partial charge on any atom is 0.338 e. The minimum Gasteiger partial charge on any atom is -0.463 e. The second-order valence-electron chi connectivity index (χ2n) is 13.0. The highest BCUT2D eigenvalue weighted by atomic mass is 16.7. The largest absolute Gasteiger partial charge is 0.463 e. The number of rotatable bonds is 0. The summed E-state index contributed by atoms with van der Waals surface area (Å²) >= 11 is 0. The molecule has 40 heavy (non-hydrogen) atoms. The van der Waals surface area contributed by atoms with Crippen molar-refractivity contribution in [3.63, 3.8) is 0 Å². The lowest BCUT2D eigenvalue weighted by atomic mass is 9.51. The quantitative estimate of drug-likeness (QED) is 0.245. The van der Waals surface area contributed by atoms with Crippen LogP contribution in [0.25, 0.3) is 0 Å². The van der Waals surface area contributed by atoms with Crippen molar-refractivity contribution < 1.29 is 53.0 Å². The van der Waals surface area contributed by atoms with Crippen LogP contribution in [0.5, 0.6) is 0 Å². The first-order valence-corrected chi connectivity index (χ1v) is 14.1. The topological polar surface area (TPSA) is 146 Å². The number of carbonyl (C=O) groups excluding carboxylic acids is 2. The molecular formula is C29H34O11. The van der Waals surface area contributed by atoms with E-state index < -0.39 is 70.3 Å². The van der Waals surface area contributed by atoms with Gasteiger partial charge < -0.3 is 43.4 Å². The zero-order valence-corrected chi connectivity index (χ0v) is 22.4. The molecule has 12 unspecified atom stereocenters. The summed E-state index contributed by atoms with van der Waals surface area (Å²) in [5.74, 6) is -1.04. The number of aliphatic hydroxyl groups is 2. The lowest BCUT2D eigenvalue weighted by molar-refractivity contribution is -0.233. The van der Waals surface area contributed by atoms with Crippen LogP contribution in [-0.2, 0) is 42.7 Å². The molecule has 0 aromatic heterocycles. The van der Waals surface area contributed by atoms with Crippen molar-refractivity contribution in [3.8, 4) is 0 Å². The predicted octanol–water partition coefficient (Wildman–Crippen LogP) is 0.615. The standard InChI is InChI=1S/C29H34O11/c1-15-6-8-26-12-34-24(33)22-27(40-22)11-19-28(35-13-27,21(31)23(32)39-19)7-4-3-5-20(30)38-16-10-18(37-17(26)9-15)29(14-36-29)25(16,26)2/h3-5,7,9,16-19,21-23,31-32H,6,8,10-14H2,1-2H3. The Bertz CT molecular complexity index is 1250. The molecule has 1 saturated carbocycles. The fourth-order valence-electron chi connectivity index (χ4n) is 8.68. The first kappa shape index (κ1) is 25.6. The molecule has 11 nitrogen and oxygen atoms in total. The number of allylic oxidation sites excluding steroid dienone is 3. The van der Waals surface area contributed by atoms with Crippen LogP contribution in [0, 0.1) is 10.8 Å². The zero-order chi connectivity index (χ0) is 27.7. The number of aliphatic hydroxyl groups excluding tert-OH is 2. The monoisotopic (exact) mass is 558 g/mol. The van der Waals surface area contributed by atoms with Gasteiger partial charge in [0.15, 0.2) is 12.4 Å². The average Bonchev–Trinajstić information content (AvgIpc) is 3.82. The Hall–Kier alpha value is -2.12. The van der Waals surface area contributed by atoms with E-state index in [1.807, 2.05) is 0 Å². The van der Waals surface area contributed by atoms with Gasteiger partial charge in [0.25, 0.3) is 0 Å². The number of hydrogen-bond donors (Lipinski definition) is 2. The Morgan fingerprint density at radius 2 is 1.82 bits per heavy atom. The van der Waals surface area contributed by atoms with Gasteiger partial charge in [-0.3, -0.25) is 0 Å². The number of ether oxygens (including phenoxy) is 7. The van der Waals surface area contributed by atoms with E-state index in [0.29, 0.717) is 19.4 Å². The van der Waals surface area contributed by atoms with Crippen molar-refractivity contribution in [2.75, 3.05) is 19.8 Å². The van der Waals surface area contributed by atoms with Gasteiger partial charge in [0.2, 0.25) is 0 Å². The van der Waals surface area contributed by atoms with Crippen LogP contribution in [0.1, 0.15) is 39.5 Å². The second kappa shape index (κ2) is 8.03. The van der Waals surface area contributed by atoms with E-state index in [0.717, 1.165) is 6.42 Å². The first-order valence-electron chi connectivity index (χ1n) is 14.1. The van der Waals surface area contributed by atoms with Gasteiger partial charge in [-0.15, -0.1) is 0 Å². The molecule has 0 aromatic rings. The SMILES string of the molecule is CC1=CC2OC3CC4OC(=O)C=CC=CC56OCC7(CC5OC(O)C6O)OC7C(=O)OCC2(CC1)C4(C)C31CO1. The van der Waals surface area contributed by atoms with Crippen LogP contribution >= 0.6 is 0 Å². The van der Waals surface area contributed by atoms with Gasteiger partial charge in [0.1, 0.15) is 35.6 Å². The molecule has 6 fully saturated rings. The van der Waals surface area contributed by atoms with E-state index in [2.05, 4.69) is 19.9 Å². The Morgan fingerprint density at radius 1 is 1.00 bits per heavy atom. The van der Waals surface area contributed by atoms with Crippen molar-refractivity contribution in [1.29, 1.82) is 0 Å². The Morgan fingerprint density at radius 3 is 2.62 bits per heavy atom. The van der Waals surface area contributed by atoms with E-state index in [4.69, 9.17) is 33.2 Å². The molecule has 7 aliphatic heterocycles.